The summed E-state index contributed by atoms with van der Waals surface area (Å²) in [4.78, 5) is 1.55. The van der Waals surface area contributed by atoms with Crippen molar-refractivity contribution >= 4 is 0 Å². The molecule has 0 atom stereocenters. The third kappa shape index (κ3) is 5.31. The Morgan fingerprint density at radius 1 is 0.760 bits per heavy atom. The fraction of sp³-hybridized carbons (Fsp3) is 0.882. The summed E-state index contributed by atoms with van der Waals surface area (Å²) in [6, 6.07) is 0. The van der Waals surface area contributed by atoms with Crippen molar-refractivity contribution in [1.29, 1.82) is 0 Å². The molecular weight excluding hydrogens is 316 g/mol. The molecule has 25 heavy (non-hydrogen) atoms. The summed E-state index contributed by atoms with van der Waals surface area (Å²) in [5.41, 5.74) is 0. The minimum absolute atomic E-state index is 0. The van der Waals surface area contributed by atoms with Crippen LogP contribution in [0.3, 0.4) is 0 Å². The first-order chi connectivity index (χ1) is 11.7. The standard InChI is InChI=1S/2C8H14N4.CH4/c1-12-8(9-10-11-12)7-5-3-2-4-6-7;1-12-10-8(9-11-12)7-5-3-2-4-6-7;/h2*7H,2-6H2,1H3;1H4. The lowest BCUT2D eigenvalue weighted by Crippen LogP contribution is -2.10. The molecule has 2 fully saturated rings. The number of aromatic nitrogens is 8. The van der Waals surface area contributed by atoms with Crippen LogP contribution in [0.1, 0.15) is 95.1 Å². The molecule has 0 unspecified atom stereocenters. The molecule has 2 aromatic heterocycles. The van der Waals surface area contributed by atoms with Crippen LogP contribution in [0.4, 0.5) is 0 Å². The third-order valence-electron chi connectivity index (χ3n) is 5.12. The second-order valence-electron chi connectivity index (χ2n) is 6.97. The average Bonchev–Trinajstić information content (AvgIpc) is 3.25. The zero-order valence-corrected chi connectivity index (χ0v) is 14.8. The second kappa shape index (κ2) is 9.58. The van der Waals surface area contributed by atoms with E-state index in [1.807, 2.05) is 14.1 Å². The van der Waals surface area contributed by atoms with Crippen LogP contribution < -0.4 is 0 Å². The van der Waals surface area contributed by atoms with Crippen molar-refractivity contribution in [2.45, 2.75) is 83.5 Å². The van der Waals surface area contributed by atoms with E-state index in [-0.39, 0.29) is 7.43 Å². The number of aryl methyl sites for hydroxylation is 2. The van der Waals surface area contributed by atoms with Gasteiger partial charge < -0.3 is 0 Å². The van der Waals surface area contributed by atoms with Gasteiger partial charge in [0.1, 0.15) is 0 Å². The fourth-order valence-electron chi connectivity index (χ4n) is 3.77. The van der Waals surface area contributed by atoms with Crippen LogP contribution in [-0.2, 0) is 14.1 Å². The molecule has 0 radical (unpaired) electrons. The van der Waals surface area contributed by atoms with E-state index in [0.29, 0.717) is 11.8 Å². The monoisotopic (exact) mass is 348 g/mol. The maximum atomic E-state index is 4.23. The molecule has 0 aliphatic heterocycles. The highest BCUT2D eigenvalue weighted by Crippen LogP contribution is 2.31. The average molecular weight is 348 g/mol. The Hall–Kier alpha value is -1.86. The van der Waals surface area contributed by atoms with Crippen molar-refractivity contribution in [3.63, 3.8) is 0 Å². The topological polar surface area (TPSA) is 87.2 Å². The van der Waals surface area contributed by atoms with Gasteiger partial charge in [0.2, 0.25) is 0 Å². The van der Waals surface area contributed by atoms with Crippen molar-refractivity contribution in [2.24, 2.45) is 14.1 Å². The van der Waals surface area contributed by atoms with Gasteiger partial charge in [-0.05, 0) is 41.3 Å². The lowest BCUT2D eigenvalue weighted by molar-refractivity contribution is 0.417. The molecule has 2 aromatic rings. The normalized spacial score (nSPS) is 19.0. The molecule has 2 heterocycles. The molecule has 0 N–H and O–H groups in total. The first kappa shape index (κ1) is 19.5. The Bertz CT molecular complexity index is 608. The largest absolute Gasteiger partial charge is 0.232 e. The van der Waals surface area contributed by atoms with Gasteiger partial charge in [-0.1, -0.05) is 46.0 Å². The van der Waals surface area contributed by atoms with E-state index in [4.69, 9.17) is 0 Å². The first-order valence-electron chi connectivity index (χ1n) is 9.20. The van der Waals surface area contributed by atoms with Crippen LogP contribution in [-0.4, -0.2) is 40.4 Å². The fourth-order valence-corrected chi connectivity index (χ4v) is 3.77. The van der Waals surface area contributed by atoms with Gasteiger partial charge in [-0.3, -0.25) is 0 Å². The molecule has 2 aliphatic carbocycles. The third-order valence-corrected chi connectivity index (χ3v) is 5.12. The molecule has 140 valence electrons. The molecule has 0 saturated heterocycles. The summed E-state index contributed by atoms with van der Waals surface area (Å²) >= 11 is 0. The highest BCUT2D eigenvalue weighted by atomic mass is 15.6. The van der Waals surface area contributed by atoms with Gasteiger partial charge >= 0.3 is 0 Å². The predicted octanol–water partition coefficient (Wildman–Crippen LogP) is 3.15. The summed E-state index contributed by atoms with van der Waals surface area (Å²) in [5.74, 6) is 3.19. The van der Waals surface area contributed by atoms with E-state index in [0.717, 1.165) is 11.6 Å². The van der Waals surface area contributed by atoms with E-state index >= 15 is 0 Å². The van der Waals surface area contributed by atoms with Gasteiger partial charge in [-0.2, -0.15) is 4.80 Å². The zero-order valence-electron chi connectivity index (χ0n) is 14.8. The maximum absolute atomic E-state index is 4.23. The molecule has 2 saturated carbocycles. The van der Waals surface area contributed by atoms with Gasteiger partial charge in [0.25, 0.3) is 0 Å². The Morgan fingerprint density at radius 2 is 1.36 bits per heavy atom. The summed E-state index contributed by atoms with van der Waals surface area (Å²) in [6.07, 6.45) is 13.1. The maximum Gasteiger partial charge on any atom is 0.177 e. The summed E-state index contributed by atoms with van der Waals surface area (Å²) in [5, 5.41) is 23.7. The van der Waals surface area contributed by atoms with E-state index in [1.165, 1.54) is 64.2 Å². The van der Waals surface area contributed by atoms with Crippen molar-refractivity contribution in [3.8, 4) is 0 Å². The molecular formula is C17H32N8. The second-order valence-corrected chi connectivity index (χ2v) is 6.97. The Kier molecular flexibility index (Phi) is 7.46. The zero-order chi connectivity index (χ0) is 16.8. The molecule has 8 heteroatoms. The summed E-state index contributed by atoms with van der Waals surface area (Å²) < 4.78 is 1.80. The summed E-state index contributed by atoms with van der Waals surface area (Å²) in [7, 11) is 3.74. The van der Waals surface area contributed by atoms with Gasteiger partial charge in [0.15, 0.2) is 11.6 Å². The first-order valence-corrected chi connectivity index (χ1v) is 9.20. The molecule has 8 nitrogen and oxygen atoms in total. The molecule has 0 amide bonds. The Balaban J connectivity index is 0.000000173. The van der Waals surface area contributed by atoms with Crippen LogP contribution in [0, 0.1) is 0 Å². The van der Waals surface area contributed by atoms with Crippen LogP contribution in [0.15, 0.2) is 0 Å². The van der Waals surface area contributed by atoms with Crippen molar-refractivity contribution < 1.29 is 0 Å². The quantitative estimate of drug-likeness (QED) is 0.828. The number of rotatable bonds is 2. The Labute approximate surface area is 150 Å². The molecule has 4 rings (SSSR count). The minimum atomic E-state index is 0. The van der Waals surface area contributed by atoms with Gasteiger partial charge in [-0.25, -0.2) is 4.68 Å². The van der Waals surface area contributed by atoms with Gasteiger partial charge in [-0.15, -0.1) is 15.3 Å². The van der Waals surface area contributed by atoms with Crippen LogP contribution in [0.5, 0.6) is 0 Å². The van der Waals surface area contributed by atoms with E-state index < -0.39 is 0 Å². The number of nitrogens with zero attached hydrogens (tertiary/aromatic N) is 8. The SMILES string of the molecule is C.Cn1nnc(C2CCCCC2)n1.Cn1nnnc1C1CCCCC1. The number of hydrogen-bond donors (Lipinski definition) is 0. The van der Waals surface area contributed by atoms with Crippen LogP contribution >= 0.6 is 0 Å². The molecule has 0 bridgehead atoms. The van der Waals surface area contributed by atoms with Crippen LogP contribution in [0.25, 0.3) is 0 Å². The highest BCUT2D eigenvalue weighted by molar-refractivity contribution is 4.94. The van der Waals surface area contributed by atoms with E-state index in [2.05, 4.69) is 30.9 Å². The van der Waals surface area contributed by atoms with E-state index in [1.54, 1.807) is 9.48 Å². The highest BCUT2D eigenvalue weighted by Gasteiger charge is 2.20. The number of hydrogen-bond acceptors (Lipinski definition) is 6. The van der Waals surface area contributed by atoms with Gasteiger partial charge in [0, 0.05) is 18.9 Å². The predicted molar refractivity (Wildman–Crippen MR) is 96.0 cm³/mol. The number of tetrazole rings is 2. The van der Waals surface area contributed by atoms with Crippen molar-refractivity contribution in [1.82, 2.24) is 40.4 Å². The molecule has 0 aromatic carbocycles. The van der Waals surface area contributed by atoms with Crippen molar-refractivity contribution in [3.05, 3.63) is 11.6 Å². The Morgan fingerprint density at radius 3 is 1.84 bits per heavy atom. The summed E-state index contributed by atoms with van der Waals surface area (Å²) in [6.45, 7) is 0. The lowest BCUT2D eigenvalue weighted by Gasteiger charge is -2.19. The minimum Gasteiger partial charge on any atom is -0.232 e. The van der Waals surface area contributed by atoms with E-state index in [9.17, 15) is 0 Å². The molecule has 0 spiro atoms. The van der Waals surface area contributed by atoms with Crippen LogP contribution in [0.2, 0.25) is 0 Å². The molecule has 2 aliphatic rings. The van der Waals surface area contributed by atoms with Gasteiger partial charge in [0.05, 0.1) is 7.05 Å². The van der Waals surface area contributed by atoms with Crippen molar-refractivity contribution in [2.75, 3.05) is 0 Å². The lowest BCUT2D eigenvalue weighted by atomic mass is 9.89. The smallest absolute Gasteiger partial charge is 0.177 e.